The highest BCUT2D eigenvalue weighted by Crippen LogP contribution is 2.24. The predicted octanol–water partition coefficient (Wildman–Crippen LogP) is 3.44. The van der Waals surface area contributed by atoms with Crippen molar-refractivity contribution in [1.29, 1.82) is 0 Å². The topological polar surface area (TPSA) is 12.0 Å². The van der Waals surface area contributed by atoms with Gasteiger partial charge in [-0.1, -0.05) is 32.0 Å². The minimum atomic E-state index is -0.0718. The van der Waals surface area contributed by atoms with Crippen LogP contribution in [0.3, 0.4) is 0 Å². The van der Waals surface area contributed by atoms with Crippen molar-refractivity contribution in [2.75, 3.05) is 7.05 Å². The molecular weight excluding hydrogens is 189 g/mol. The first-order valence-electron chi connectivity index (χ1n) is 5.48. The maximum absolute atomic E-state index is 13.8. The average molecular weight is 209 g/mol. The van der Waals surface area contributed by atoms with Gasteiger partial charge in [-0.05, 0) is 31.9 Å². The summed E-state index contributed by atoms with van der Waals surface area (Å²) in [5.41, 5.74) is 1.50. The Kier molecular flexibility index (Phi) is 4.28. The van der Waals surface area contributed by atoms with Crippen molar-refractivity contribution in [2.45, 2.75) is 33.2 Å². The van der Waals surface area contributed by atoms with Gasteiger partial charge in [0.05, 0.1) is 0 Å². The molecule has 1 aromatic rings. The van der Waals surface area contributed by atoms with Crippen molar-refractivity contribution in [3.8, 4) is 0 Å². The Morgan fingerprint density at radius 1 is 1.33 bits per heavy atom. The first kappa shape index (κ1) is 12.2. The second-order valence-electron chi connectivity index (χ2n) is 4.45. The molecule has 1 aromatic carbocycles. The van der Waals surface area contributed by atoms with Gasteiger partial charge in [0.25, 0.3) is 0 Å². The molecule has 1 unspecified atom stereocenters. The Morgan fingerprint density at radius 3 is 2.53 bits per heavy atom. The van der Waals surface area contributed by atoms with Crippen molar-refractivity contribution < 1.29 is 4.39 Å². The van der Waals surface area contributed by atoms with Gasteiger partial charge in [-0.3, -0.25) is 0 Å². The van der Waals surface area contributed by atoms with Crippen LogP contribution in [0.5, 0.6) is 0 Å². The van der Waals surface area contributed by atoms with E-state index in [1.165, 1.54) is 0 Å². The summed E-state index contributed by atoms with van der Waals surface area (Å²) in [7, 11) is 1.88. The van der Waals surface area contributed by atoms with E-state index in [9.17, 15) is 4.39 Å². The molecular formula is C13H20FN. The zero-order valence-electron chi connectivity index (χ0n) is 9.97. The lowest BCUT2D eigenvalue weighted by atomic mass is 9.95. The summed E-state index contributed by atoms with van der Waals surface area (Å²) in [6, 6.07) is 5.70. The molecule has 0 saturated carbocycles. The molecule has 1 nitrogen and oxygen atoms in total. The Morgan fingerprint density at radius 2 is 2.00 bits per heavy atom. The molecule has 0 fully saturated rings. The van der Waals surface area contributed by atoms with Crippen molar-refractivity contribution in [2.24, 2.45) is 5.92 Å². The first-order chi connectivity index (χ1) is 7.06. The normalized spacial score (nSPS) is 13.2. The lowest BCUT2D eigenvalue weighted by Gasteiger charge is -2.20. The third-order valence-corrected chi connectivity index (χ3v) is 2.65. The van der Waals surface area contributed by atoms with Gasteiger partial charge in [0.15, 0.2) is 0 Å². The number of aryl methyl sites for hydroxylation is 1. The minimum absolute atomic E-state index is 0.0718. The first-order valence-corrected chi connectivity index (χ1v) is 5.48. The molecule has 1 N–H and O–H groups in total. The van der Waals surface area contributed by atoms with Crippen LogP contribution >= 0.6 is 0 Å². The van der Waals surface area contributed by atoms with E-state index < -0.39 is 0 Å². The van der Waals surface area contributed by atoms with Crippen LogP contribution < -0.4 is 5.32 Å². The van der Waals surface area contributed by atoms with Crippen LogP contribution in [-0.2, 0) is 0 Å². The smallest absolute Gasteiger partial charge is 0.130 e. The predicted molar refractivity (Wildman–Crippen MR) is 62.4 cm³/mol. The molecule has 0 aliphatic heterocycles. The van der Waals surface area contributed by atoms with Gasteiger partial charge in [-0.25, -0.2) is 4.39 Å². The quantitative estimate of drug-likeness (QED) is 0.801. The van der Waals surface area contributed by atoms with Gasteiger partial charge < -0.3 is 5.32 Å². The second kappa shape index (κ2) is 5.26. The maximum Gasteiger partial charge on any atom is 0.130 e. The number of hydrogen-bond donors (Lipinski definition) is 1. The summed E-state index contributed by atoms with van der Waals surface area (Å²) >= 11 is 0. The molecule has 0 amide bonds. The SMILES string of the molecule is CNC(CC(C)C)c1cccc(C)c1F. The Balaban J connectivity index is 2.96. The van der Waals surface area contributed by atoms with E-state index >= 15 is 0 Å². The summed E-state index contributed by atoms with van der Waals surface area (Å²) in [6.45, 7) is 6.11. The molecule has 0 radical (unpaired) electrons. The van der Waals surface area contributed by atoms with Gasteiger partial charge in [-0.15, -0.1) is 0 Å². The fourth-order valence-corrected chi connectivity index (χ4v) is 1.81. The standard InChI is InChI=1S/C13H20FN/c1-9(2)8-12(15-4)11-7-5-6-10(3)13(11)14/h5-7,9,12,15H,8H2,1-4H3. The average Bonchev–Trinajstić information content (AvgIpc) is 2.19. The van der Waals surface area contributed by atoms with E-state index in [1.54, 1.807) is 13.0 Å². The Hall–Kier alpha value is -0.890. The zero-order chi connectivity index (χ0) is 11.4. The van der Waals surface area contributed by atoms with Crippen LogP contribution in [0.25, 0.3) is 0 Å². The molecule has 1 rings (SSSR count). The van der Waals surface area contributed by atoms with E-state index in [2.05, 4.69) is 19.2 Å². The Bertz CT molecular complexity index is 320. The molecule has 0 aliphatic carbocycles. The Labute approximate surface area is 91.7 Å². The molecule has 0 bridgehead atoms. The number of halogens is 1. The van der Waals surface area contributed by atoms with Gasteiger partial charge in [0.1, 0.15) is 5.82 Å². The number of nitrogens with one attached hydrogen (secondary N) is 1. The maximum atomic E-state index is 13.8. The molecule has 0 saturated heterocycles. The molecule has 0 heterocycles. The van der Waals surface area contributed by atoms with Crippen molar-refractivity contribution >= 4 is 0 Å². The van der Waals surface area contributed by atoms with Crippen molar-refractivity contribution in [1.82, 2.24) is 5.32 Å². The van der Waals surface area contributed by atoms with E-state index in [4.69, 9.17) is 0 Å². The lowest BCUT2D eigenvalue weighted by Crippen LogP contribution is -2.19. The van der Waals surface area contributed by atoms with E-state index in [0.29, 0.717) is 5.92 Å². The minimum Gasteiger partial charge on any atom is -0.313 e. The van der Waals surface area contributed by atoms with Crippen LogP contribution in [-0.4, -0.2) is 7.05 Å². The van der Waals surface area contributed by atoms with Crippen molar-refractivity contribution in [3.05, 3.63) is 35.1 Å². The van der Waals surface area contributed by atoms with Gasteiger partial charge in [-0.2, -0.15) is 0 Å². The van der Waals surface area contributed by atoms with E-state index in [0.717, 1.165) is 17.5 Å². The third-order valence-electron chi connectivity index (χ3n) is 2.65. The van der Waals surface area contributed by atoms with E-state index in [-0.39, 0.29) is 11.9 Å². The van der Waals surface area contributed by atoms with Crippen LogP contribution in [0.2, 0.25) is 0 Å². The van der Waals surface area contributed by atoms with Gasteiger partial charge >= 0.3 is 0 Å². The summed E-state index contributed by atoms with van der Waals surface area (Å²) in [5.74, 6) is 0.486. The lowest BCUT2D eigenvalue weighted by molar-refractivity contribution is 0.439. The fraction of sp³-hybridized carbons (Fsp3) is 0.538. The summed E-state index contributed by atoms with van der Waals surface area (Å²) in [4.78, 5) is 0. The summed E-state index contributed by atoms with van der Waals surface area (Å²) < 4.78 is 13.8. The highest BCUT2D eigenvalue weighted by atomic mass is 19.1. The monoisotopic (exact) mass is 209 g/mol. The van der Waals surface area contributed by atoms with Gasteiger partial charge in [0.2, 0.25) is 0 Å². The highest BCUT2D eigenvalue weighted by molar-refractivity contribution is 5.27. The zero-order valence-corrected chi connectivity index (χ0v) is 9.97. The number of rotatable bonds is 4. The highest BCUT2D eigenvalue weighted by Gasteiger charge is 2.15. The fourth-order valence-electron chi connectivity index (χ4n) is 1.81. The molecule has 0 aromatic heterocycles. The molecule has 1 atom stereocenters. The largest absolute Gasteiger partial charge is 0.313 e. The second-order valence-corrected chi connectivity index (χ2v) is 4.45. The molecule has 0 spiro atoms. The summed E-state index contributed by atoms with van der Waals surface area (Å²) in [5, 5.41) is 3.18. The molecule has 0 aliphatic rings. The molecule has 15 heavy (non-hydrogen) atoms. The van der Waals surface area contributed by atoms with Crippen LogP contribution in [0, 0.1) is 18.7 Å². The summed E-state index contributed by atoms with van der Waals surface area (Å²) in [6.07, 6.45) is 0.955. The van der Waals surface area contributed by atoms with Crippen molar-refractivity contribution in [3.63, 3.8) is 0 Å². The molecule has 2 heteroatoms. The van der Waals surface area contributed by atoms with Crippen LogP contribution in [0.4, 0.5) is 4.39 Å². The number of benzene rings is 1. The van der Waals surface area contributed by atoms with Gasteiger partial charge in [0, 0.05) is 11.6 Å². The van der Waals surface area contributed by atoms with Crippen LogP contribution in [0.15, 0.2) is 18.2 Å². The van der Waals surface area contributed by atoms with E-state index in [1.807, 2.05) is 19.2 Å². The third kappa shape index (κ3) is 3.03. The van der Waals surface area contributed by atoms with Crippen LogP contribution in [0.1, 0.15) is 37.4 Å². The molecule has 84 valence electrons. The number of hydrogen-bond acceptors (Lipinski definition) is 1.